The van der Waals surface area contributed by atoms with Crippen molar-refractivity contribution in [3.8, 4) is 0 Å². The molecule has 0 radical (unpaired) electrons. The van der Waals surface area contributed by atoms with Crippen LogP contribution in [-0.2, 0) is 0 Å². The number of hydrogen-bond acceptors (Lipinski definition) is 1. The summed E-state index contributed by atoms with van der Waals surface area (Å²) in [6.07, 6.45) is 6.43. The summed E-state index contributed by atoms with van der Waals surface area (Å²) in [6.45, 7) is 5.35. The third kappa shape index (κ3) is 2.02. The van der Waals surface area contributed by atoms with E-state index in [-0.39, 0.29) is 5.82 Å². The summed E-state index contributed by atoms with van der Waals surface area (Å²) in [5, 5.41) is 0. The summed E-state index contributed by atoms with van der Waals surface area (Å²) < 4.78 is 12.6. The van der Waals surface area contributed by atoms with E-state index < -0.39 is 0 Å². The highest BCUT2D eigenvalue weighted by molar-refractivity contribution is 5.50. The summed E-state index contributed by atoms with van der Waals surface area (Å²) >= 11 is 0. The largest absolute Gasteiger partial charge is 0.254 e. The average Bonchev–Trinajstić information content (AvgIpc) is 2.03. The van der Waals surface area contributed by atoms with E-state index in [4.69, 9.17) is 0 Å². The van der Waals surface area contributed by atoms with Crippen LogP contribution in [-0.4, -0.2) is 4.98 Å². The van der Waals surface area contributed by atoms with E-state index in [9.17, 15) is 4.39 Å². The molecule has 0 atom stereocenters. The fraction of sp³-hybridized carbons (Fsp3) is 0.100. The molecule has 1 nitrogen and oxygen atoms in total. The Labute approximate surface area is 71.3 Å². The standard InChI is InChI=1S/C10H10FN/c1-3-4-5-10-8(2)6-9(11)7-12-10/h3-7H,1H2,2H3/b5-4-. The lowest BCUT2D eigenvalue weighted by Gasteiger charge is -1.97. The number of hydrogen-bond donors (Lipinski definition) is 0. The van der Waals surface area contributed by atoms with Crippen LogP contribution in [0.5, 0.6) is 0 Å². The summed E-state index contributed by atoms with van der Waals surface area (Å²) in [5.41, 5.74) is 1.60. The molecule has 0 aliphatic carbocycles. The Morgan fingerprint density at radius 3 is 2.92 bits per heavy atom. The number of halogens is 1. The molecule has 1 heterocycles. The van der Waals surface area contributed by atoms with E-state index in [1.54, 1.807) is 18.2 Å². The van der Waals surface area contributed by atoms with Crippen LogP contribution in [0.15, 0.2) is 31.0 Å². The van der Waals surface area contributed by atoms with Crippen LogP contribution in [0.2, 0.25) is 0 Å². The Balaban J connectivity index is 3.01. The van der Waals surface area contributed by atoms with Gasteiger partial charge in [0, 0.05) is 0 Å². The highest BCUT2D eigenvalue weighted by Crippen LogP contribution is 2.07. The van der Waals surface area contributed by atoms with Gasteiger partial charge in [0.2, 0.25) is 0 Å². The first-order valence-corrected chi connectivity index (χ1v) is 3.65. The zero-order valence-corrected chi connectivity index (χ0v) is 6.92. The van der Waals surface area contributed by atoms with Crippen LogP contribution in [0.3, 0.4) is 0 Å². The first-order chi connectivity index (χ1) is 5.74. The first-order valence-electron chi connectivity index (χ1n) is 3.65. The zero-order chi connectivity index (χ0) is 8.97. The van der Waals surface area contributed by atoms with Crippen molar-refractivity contribution in [3.05, 3.63) is 48.1 Å². The molecule has 0 bridgehead atoms. The third-order valence-electron chi connectivity index (χ3n) is 1.48. The lowest BCUT2D eigenvalue weighted by Crippen LogP contribution is -1.87. The van der Waals surface area contributed by atoms with Crippen molar-refractivity contribution in [1.82, 2.24) is 4.98 Å². The highest BCUT2D eigenvalue weighted by Gasteiger charge is 1.96. The van der Waals surface area contributed by atoms with Crippen LogP contribution in [0.25, 0.3) is 6.08 Å². The smallest absolute Gasteiger partial charge is 0.141 e. The van der Waals surface area contributed by atoms with Gasteiger partial charge < -0.3 is 0 Å². The average molecular weight is 163 g/mol. The van der Waals surface area contributed by atoms with E-state index in [1.165, 1.54) is 12.3 Å². The van der Waals surface area contributed by atoms with E-state index in [1.807, 2.05) is 6.92 Å². The van der Waals surface area contributed by atoms with Crippen molar-refractivity contribution in [3.63, 3.8) is 0 Å². The Morgan fingerprint density at radius 1 is 1.58 bits per heavy atom. The number of aromatic nitrogens is 1. The lowest BCUT2D eigenvalue weighted by atomic mass is 10.2. The maximum atomic E-state index is 12.6. The van der Waals surface area contributed by atoms with Gasteiger partial charge in [-0.2, -0.15) is 0 Å². The SMILES string of the molecule is C=C/C=C\c1ncc(F)cc1C. The Bertz CT molecular complexity index is 316. The second kappa shape index (κ2) is 3.81. The molecule has 0 amide bonds. The molecule has 0 spiro atoms. The number of aryl methyl sites for hydroxylation is 1. The van der Waals surface area contributed by atoms with Crippen molar-refractivity contribution >= 4 is 6.08 Å². The van der Waals surface area contributed by atoms with Gasteiger partial charge >= 0.3 is 0 Å². The second-order valence-corrected chi connectivity index (χ2v) is 2.45. The molecule has 0 saturated carbocycles. The molecule has 62 valence electrons. The normalized spacial score (nSPS) is 10.5. The third-order valence-corrected chi connectivity index (χ3v) is 1.48. The lowest BCUT2D eigenvalue weighted by molar-refractivity contribution is 0.619. The van der Waals surface area contributed by atoms with Crippen molar-refractivity contribution in [2.45, 2.75) is 6.92 Å². The van der Waals surface area contributed by atoms with Gasteiger partial charge in [-0.1, -0.05) is 18.7 Å². The Hall–Kier alpha value is -1.44. The first kappa shape index (κ1) is 8.65. The molecule has 1 rings (SSSR count). The fourth-order valence-electron chi connectivity index (χ4n) is 0.885. The van der Waals surface area contributed by atoms with Gasteiger partial charge in [-0.15, -0.1) is 0 Å². The number of nitrogens with zero attached hydrogens (tertiary/aromatic N) is 1. The Morgan fingerprint density at radius 2 is 2.33 bits per heavy atom. The van der Waals surface area contributed by atoms with Crippen LogP contribution in [0.4, 0.5) is 4.39 Å². The number of rotatable bonds is 2. The topological polar surface area (TPSA) is 12.9 Å². The molecule has 0 aliphatic rings. The van der Waals surface area contributed by atoms with Gasteiger partial charge in [-0.3, -0.25) is 4.98 Å². The van der Waals surface area contributed by atoms with Gasteiger partial charge in [0.1, 0.15) is 5.82 Å². The molecule has 2 heteroatoms. The van der Waals surface area contributed by atoms with Crippen LogP contribution in [0.1, 0.15) is 11.3 Å². The molecular weight excluding hydrogens is 153 g/mol. The molecule has 0 unspecified atom stereocenters. The molecule has 0 fully saturated rings. The van der Waals surface area contributed by atoms with E-state index in [2.05, 4.69) is 11.6 Å². The molecule has 12 heavy (non-hydrogen) atoms. The summed E-state index contributed by atoms with van der Waals surface area (Å²) in [7, 11) is 0. The van der Waals surface area contributed by atoms with E-state index >= 15 is 0 Å². The van der Waals surface area contributed by atoms with Crippen molar-refractivity contribution in [2.24, 2.45) is 0 Å². The van der Waals surface area contributed by atoms with Gasteiger partial charge in [0.05, 0.1) is 11.9 Å². The van der Waals surface area contributed by atoms with Gasteiger partial charge in [0.15, 0.2) is 0 Å². The van der Waals surface area contributed by atoms with Crippen LogP contribution < -0.4 is 0 Å². The summed E-state index contributed by atoms with van der Waals surface area (Å²) in [5.74, 6) is -0.303. The maximum Gasteiger partial charge on any atom is 0.141 e. The van der Waals surface area contributed by atoms with Crippen molar-refractivity contribution < 1.29 is 4.39 Å². The molecular formula is C10H10FN. The van der Waals surface area contributed by atoms with Crippen molar-refractivity contribution in [1.29, 1.82) is 0 Å². The van der Waals surface area contributed by atoms with E-state index in [0.29, 0.717) is 0 Å². The Kier molecular flexibility index (Phi) is 2.75. The molecule has 0 aromatic carbocycles. The minimum atomic E-state index is -0.303. The highest BCUT2D eigenvalue weighted by atomic mass is 19.1. The molecule has 1 aromatic rings. The van der Waals surface area contributed by atoms with Crippen molar-refractivity contribution in [2.75, 3.05) is 0 Å². The molecule has 0 N–H and O–H groups in total. The predicted octanol–water partition coefficient (Wildman–Crippen LogP) is 2.73. The van der Waals surface area contributed by atoms with Gasteiger partial charge in [-0.05, 0) is 24.6 Å². The quantitative estimate of drug-likeness (QED) is 0.611. The number of allylic oxidation sites excluding steroid dienone is 2. The number of pyridine rings is 1. The monoisotopic (exact) mass is 163 g/mol. The fourth-order valence-corrected chi connectivity index (χ4v) is 0.885. The van der Waals surface area contributed by atoms with Crippen LogP contribution in [0, 0.1) is 12.7 Å². The molecule has 0 saturated heterocycles. The minimum Gasteiger partial charge on any atom is -0.254 e. The minimum absolute atomic E-state index is 0.303. The van der Waals surface area contributed by atoms with E-state index in [0.717, 1.165) is 11.3 Å². The van der Waals surface area contributed by atoms with Crippen LogP contribution >= 0.6 is 0 Å². The zero-order valence-electron chi connectivity index (χ0n) is 6.92. The summed E-state index contributed by atoms with van der Waals surface area (Å²) in [6, 6.07) is 1.45. The summed E-state index contributed by atoms with van der Waals surface area (Å²) in [4.78, 5) is 3.91. The maximum absolute atomic E-state index is 12.6. The molecule has 0 aliphatic heterocycles. The van der Waals surface area contributed by atoms with Gasteiger partial charge in [-0.25, -0.2) is 4.39 Å². The predicted molar refractivity (Wildman–Crippen MR) is 48.2 cm³/mol. The van der Waals surface area contributed by atoms with Gasteiger partial charge in [0.25, 0.3) is 0 Å². The second-order valence-electron chi connectivity index (χ2n) is 2.45. The molecule has 1 aromatic heterocycles.